The summed E-state index contributed by atoms with van der Waals surface area (Å²) in [7, 11) is 0. The number of fused-ring (bicyclic) bond motifs is 12. The molecule has 0 fully saturated rings. The number of nitrogens with zero attached hydrogens (tertiary/aromatic N) is 3. The number of benzene rings is 11. The third kappa shape index (κ3) is 5.22. The Hall–Kier alpha value is -8.12. The second-order valence-corrected chi connectivity index (χ2v) is 17.9. The van der Waals surface area contributed by atoms with Gasteiger partial charge < -0.3 is 9.88 Å². The molecule has 1 unspecified atom stereocenters. The number of nitrogens with one attached hydrogen (secondary N) is 1. The zero-order chi connectivity index (χ0) is 41.9. The first-order valence-corrected chi connectivity index (χ1v) is 22.7. The van der Waals surface area contributed by atoms with Crippen LogP contribution in [-0.4, -0.2) is 16.2 Å². The van der Waals surface area contributed by atoms with Crippen LogP contribution in [0, 0.1) is 0 Å². The first-order valence-electron chi connectivity index (χ1n) is 21.8. The van der Waals surface area contributed by atoms with E-state index in [1.54, 1.807) is 0 Å². The van der Waals surface area contributed by atoms with Crippen molar-refractivity contribution >= 4 is 119 Å². The predicted octanol–water partition coefficient (Wildman–Crippen LogP) is 15.4. The van der Waals surface area contributed by atoms with E-state index in [4.69, 9.17) is 9.98 Å². The second kappa shape index (κ2) is 13.7. The Bertz CT molecular complexity index is 4180. The zero-order valence-electron chi connectivity index (χ0n) is 34.5. The minimum atomic E-state index is -0.402. The molecule has 0 bridgehead atoms. The minimum Gasteiger partial charge on any atom is -0.344 e. The third-order valence-corrected chi connectivity index (χ3v) is 14.5. The van der Waals surface area contributed by atoms with Gasteiger partial charge in [0, 0.05) is 42.8 Å². The van der Waals surface area contributed by atoms with Crippen LogP contribution in [0.2, 0.25) is 0 Å². The highest BCUT2D eigenvalue weighted by atomic mass is 32.1. The van der Waals surface area contributed by atoms with Crippen molar-refractivity contribution in [2.75, 3.05) is 0 Å². The maximum absolute atomic E-state index is 5.62. The van der Waals surface area contributed by atoms with Crippen molar-refractivity contribution in [3.05, 3.63) is 223 Å². The molecular weight excluding hydrogens is 797 g/mol. The van der Waals surface area contributed by atoms with E-state index in [1.807, 2.05) is 11.3 Å². The highest BCUT2D eigenvalue weighted by molar-refractivity contribution is 7.26. The number of hydrogen-bond acceptors (Lipinski definition) is 4. The Morgan fingerprint density at radius 2 is 1.06 bits per heavy atom. The van der Waals surface area contributed by atoms with Crippen LogP contribution in [0.1, 0.15) is 22.9 Å². The molecule has 1 atom stereocenters. The smallest absolute Gasteiger partial charge is 0.160 e. The predicted molar refractivity (Wildman–Crippen MR) is 273 cm³/mol. The average molecular weight is 833 g/mol. The van der Waals surface area contributed by atoms with Gasteiger partial charge in [0.25, 0.3) is 0 Å². The lowest BCUT2D eigenvalue weighted by molar-refractivity contribution is 0.676. The Balaban J connectivity index is 1.07. The van der Waals surface area contributed by atoms with Crippen LogP contribution in [0.15, 0.2) is 216 Å². The molecule has 3 heterocycles. The van der Waals surface area contributed by atoms with Crippen molar-refractivity contribution in [3.8, 4) is 5.69 Å². The van der Waals surface area contributed by atoms with Gasteiger partial charge in [0.15, 0.2) is 5.84 Å². The summed E-state index contributed by atoms with van der Waals surface area (Å²) in [6, 6.07) is 75.0. The van der Waals surface area contributed by atoms with Gasteiger partial charge in [0.1, 0.15) is 12.0 Å². The van der Waals surface area contributed by atoms with E-state index in [9.17, 15) is 0 Å². The molecule has 0 spiro atoms. The molecule has 1 aliphatic heterocycles. The average Bonchev–Trinajstić information content (AvgIpc) is 3.89. The van der Waals surface area contributed by atoms with Crippen LogP contribution >= 0.6 is 11.3 Å². The lowest BCUT2D eigenvalue weighted by Gasteiger charge is -2.26. The van der Waals surface area contributed by atoms with E-state index in [0.717, 1.165) is 38.7 Å². The van der Waals surface area contributed by atoms with Crippen LogP contribution in [0.5, 0.6) is 0 Å². The van der Waals surface area contributed by atoms with Crippen molar-refractivity contribution in [3.63, 3.8) is 0 Å². The summed E-state index contributed by atoms with van der Waals surface area (Å²) in [6.07, 6.45) is -0.402. The van der Waals surface area contributed by atoms with Crippen LogP contribution in [0.25, 0.3) is 102 Å². The highest BCUT2D eigenvalue weighted by Crippen LogP contribution is 2.47. The third-order valence-electron chi connectivity index (χ3n) is 13.4. The molecule has 5 heteroatoms. The Morgan fingerprint density at radius 1 is 0.438 bits per heavy atom. The summed E-state index contributed by atoms with van der Waals surface area (Å²) in [4.78, 5) is 11.1. The molecule has 2 aromatic heterocycles. The summed E-state index contributed by atoms with van der Waals surface area (Å²) < 4.78 is 4.99. The molecular formula is C59H36N4S. The van der Waals surface area contributed by atoms with Gasteiger partial charge in [-0.15, -0.1) is 11.3 Å². The number of thiophene rings is 1. The van der Waals surface area contributed by atoms with Gasteiger partial charge >= 0.3 is 0 Å². The molecule has 298 valence electrons. The van der Waals surface area contributed by atoms with Gasteiger partial charge in [-0.25, -0.2) is 9.98 Å². The van der Waals surface area contributed by atoms with Gasteiger partial charge in [-0.3, -0.25) is 0 Å². The summed E-state index contributed by atoms with van der Waals surface area (Å²) in [5, 5.41) is 20.8. The second-order valence-electron chi connectivity index (χ2n) is 16.9. The molecule has 0 aliphatic carbocycles. The van der Waals surface area contributed by atoms with E-state index in [-0.39, 0.29) is 0 Å². The number of para-hydroxylation sites is 1. The van der Waals surface area contributed by atoms with Crippen molar-refractivity contribution in [2.24, 2.45) is 9.98 Å². The van der Waals surface area contributed by atoms with Crippen LogP contribution < -0.4 is 5.32 Å². The molecule has 1 aliphatic rings. The van der Waals surface area contributed by atoms with E-state index < -0.39 is 6.17 Å². The SMILES string of the molecule is c1ccc2cc3c(cc2c1)c1ccccc1n3-c1c2ccccc2c(C2=NC(c3cccc4ccccc34)=NC(c3ccc4c(ccc5ccccc54)c3)N2)c2c1sc1ccccc12. The van der Waals surface area contributed by atoms with Crippen LogP contribution in [-0.2, 0) is 0 Å². The molecule has 13 aromatic rings. The maximum atomic E-state index is 5.62. The van der Waals surface area contributed by atoms with Crippen molar-refractivity contribution in [1.29, 1.82) is 0 Å². The van der Waals surface area contributed by atoms with E-state index in [0.29, 0.717) is 5.84 Å². The van der Waals surface area contributed by atoms with Gasteiger partial charge in [-0.2, -0.15) is 0 Å². The molecule has 0 saturated carbocycles. The molecule has 11 aromatic carbocycles. The summed E-state index contributed by atoms with van der Waals surface area (Å²) in [5.74, 6) is 1.52. The van der Waals surface area contributed by atoms with Crippen molar-refractivity contribution in [2.45, 2.75) is 6.17 Å². The van der Waals surface area contributed by atoms with E-state index >= 15 is 0 Å². The molecule has 4 nitrogen and oxygen atoms in total. The number of rotatable bonds is 4. The zero-order valence-corrected chi connectivity index (χ0v) is 35.3. The summed E-state index contributed by atoms with van der Waals surface area (Å²) in [5.41, 5.74) is 6.75. The van der Waals surface area contributed by atoms with Crippen molar-refractivity contribution in [1.82, 2.24) is 9.88 Å². The lowest BCUT2D eigenvalue weighted by Crippen LogP contribution is -2.34. The largest absolute Gasteiger partial charge is 0.344 e. The van der Waals surface area contributed by atoms with Crippen LogP contribution in [0.3, 0.4) is 0 Å². The fraction of sp³-hybridized carbons (Fsp3) is 0.0169. The molecule has 14 rings (SSSR count). The molecule has 64 heavy (non-hydrogen) atoms. The van der Waals surface area contributed by atoms with Crippen molar-refractivity contribution < 1.29 is 0 Å². The molecule has 0 saturated heterocycles. The number of aromatic nitrogens is 1. The fourth-order valence-electron chi connectivity index (χ4n) is 10.5. The van der Waals surface area contributed by atoms with E-state index in [1.165, 1.54) is 85.4 Å². The van der Waals surface area contributed by atoms with Gasteiger partial charge in [-0.1, -0.05) is 176 Å². The Morgan fingerprint density at radius 3 is 1.91 bits per heavy atom. The number of aliphatic imine (C=N–C) groups is 2. The highest BCUT2D eigenvalue weighted by Gasteiger charge is 2.29. The van der Waals surface area contributed by atoms with Gasteiger partial charge in [0.2, 0.25) is 0 Å². The Labute approximate surface area is 371 Å². The molecule has 0 amide bonds. The topological polar surface area (TPSA) is 41.7 Å². The standard InChI is InChI=1S/C59H36N4S/c1-2-17-38-34-51-49(33-37(38)16-1)44-21-9-11-26-50(44)63(51)55-46-23-8-7-22-45(46)54(53-48-24-10-12-27-52(48)64-56(53)55)59-61-57(60-58(62-59)47-25-13-18-35-14-3-6-20-42(35)47)40-30-31-43-39(32-40)29-28-36-15-4-5-19-41(36)43/h1-34,57H,(H,60,61,62). The Kier molecular flexibility index (Phi) is 7.59. The normalized spacial score (nSPS) is 14.4. The molecule has 0 radical (unpaired) electrons. The minimum absolute atomic E-state index is 0.402. The monoisotopic (exact) mass is 832 g/mol. The van der Waals surface area contributed by atoms with Crippen LogP contribution in [0.4, 0.5) is 0 Å². The maximum Gasteiger partial charge on any atom is 0.160 e. The van der Waals surface area contributed by atoms with Gasteiger partial charge in [0.05, 0.1) is 21.4 Å². The summed E-state index contributed by atoms with van der Waals surface area (Å²) >= 11 is 1.86. The first kappa shape index (κ1) is 35.5. The molecule has 1 N–H and O–H groups in total. The lowest BCUT2D eigenvalue weighted by atomic mass is 9.94. The van der Waals surface area contributed by atoms with Gasteiger partial charge in [-0.05, 0) is 84.4 Å². The quantitative estimate of drug-likeness (QED) is 0.176. The van der Waals surface area contributed by atoms with E-state index in [2.05, 4.69) is 216 Å². The summed E-state index contributed by atoms with van der Waals surface area (Å²) in [6.45, 7) is 0. The number of amidine groups is 2. The first-order chi connectivity index (χ1) is 31.7. The fourth-order valence-corrected chi connectivity index (χ4v) is 11.7. The number of hydrogen-bond donors (Lipinski definition) is 1.